The van der Waals surface area contributed by atoms with Gasteiger partial charge in [-0.1, -0.05) is 42.5 Å². The number of ether oxygens (including phenoxy) is 1. The van der Waals surface area contributed by atoms with Gasteiger partial charge in [0, 0.05) is 42.5 Å². The molecule has 1 aliphatic heterocycles. The number of hydrogen-bond acceptors (Lipinski definition) is 5. The van der Waals surface area contributed by atoms with Crippen molar-refractivity contribution in [2.75, 3.05) is 31.2 Å². The minimum atomic E-state index is -0.342. The molecule has 3 aromatic heterocycles. The molecule has 1 saturated heterocycles. The zero-order chi connectivity index (χ0) is 27.5. The maximum absolute atomic E-state index is 15.1. The number of nitrogens with zero attached hydrogens (tertiary/aromatic N) is 3. The number of carbonyl (C=O) groups excluding carboxylic acids is 1. The summed E-state index contributed by atoms with van der Waals surface area (Å²) in [7, 11) is 0. The molecule has 0 unspecified atom stereocenters. The number of morpholine rings is 1. The zero-order valence-corrected chi connectivity index (χ0v) is 21.9. The first kappa shape index (κ1) is 23.8. The summed E-state index contributed by atoms with van der Waals surface area (Å²) < 4.78 is 20.6. The molecule has 8 nitrogen and oxygen atoms in total. The van der Waals surface area contributed by atoms with E-state index in [4.69, 9.17) is 9.72 Å². The minimum Gasteiger partial charge on any atom is -0.378 e. The summed E-state index contributed by atoms with van der Waals surface area (Å²) in [6, 6.07) is 20.7. The largest absolute Gasteiger partial charge is 0.378 e. The van der Waals surface area contributed by atoms with E-state index in [-0.39, 0.29) is 17.8 Å². The number of halogens is 1. The third-order valence-electron chi connectivity index (χ3n) is 8.09. The molecule has 0 spiro atoms. The quantitative estimate of drug-likeness (QED) is 0.269. The lowest BCUT2D eigenvalue weighted by atomic mass is 9.98. The van der Waals surface area contributed by atoms with Gasteiger partial charge in [-0.15, -0.1) is 0 Å². The Morgan fingerprint density at radius 1 is 1.00 bits per heavy atom. The first-order valence-electron chi connectivity index (χ1n) is 13.6. The number of rotatable bonds is 4. The molecule has 2 aliphatic rings. The molecule has 1 amide bonds. The number of benzene rings is 3. The Hall–Kier alpha value is -5.02. The van der Waals surface area contributed by atoms with Crippen LogP contribution in [0.1, 0.15) is 27.5 Å². The molecule has 1 atom stereocenters. The van der Waals surface area contributed by atoms with Crippen molar-refractivity contribution in [1.29, 1.82) is 0 Å². The Morgan fingerprint density at radius 3 is 2.73 bits per heavy atom. The Balaban J connectivity index is 1.21. The normalized spacial score (nSPS) is 16.2. The lowest BCUT2D eigenvalue weighted by Gasteiger charge is -2.29. The van der Waals surface area contributed by atoms with Crippen LogP contribution in [0.5, 0.6) is 0 Å². The number of aromatic amines is 2. The fourth-order valence-corrected chi connectivity index (χ4v) is 6.17. The minimum absolute atomic E-state index is 0.176. The molecule has 3 aromatic carbocycles. The molecule has 41 heavy (non-hydrogen) atoms. The number of imidazole rings is 1. The number of anilines is 1. The van der Waals surface area contributed by atoms with E-state index in [1.807, 2.05) is 53.4 Å². The summed E-state index contributed by atoms with van der Waals surface area (Å²) in [5.41, 5.74) is 8.04. The van der Waals surface area contributed by atoms with E-state index in [2.05, 4.69) is 26.3 Å². The van der Waals surface area contributed by atoms with Crippen molar-refractivity contribution in [1.82, 2.24) is 25.3 Å². The highest BCUT2D eigenvalue weighted by molar-refractivity contribution is 6.06. The number of aromatic nitrogens is 4. The van der Waals surface area contributed by atoms with Crippen LogP contribution in [0, 0.1) is 5.82 Å². The van der Waals surface area contributed by atoms with E-state index in [1.165, 1.54) is 6.07 Å². The van der Waals surface area contributed by atoms with Gasteiger partial charge in [0.15, 0.2) is 0 Å². The van der Waals surface area contributed by atoms with Crippen molar-refractivity contribution in [3.05, 3.63) is 102 Å². The summed E-state index contributed by atoms with van der Waals surface area (Å²) >= 11 is 0. The smallest absolute Gasteiger partial charge is 0.252 e. The van der Waals surface area contributed by atoms with E-state index in [9.17, 15) is 4.79 Å². The maximum atomic E-state index is 15.1. The highest BCUT2D eigenvalue weighted by atomic mass is 19.1. The fraction of sp³-hybridized carbons (Fsp3) is 0.156. The number of carbonyl (C=O) groups is 1. The van der Waals surface area contributed by atoms with Crippen LogP contribution in [0.2, 0.25) is 0 Å². The maximum Gasteiger partial charge on any atom is 0.252 e. The monoisotopic (exact) mass is 544 g/mol. The van der Waals surface area contributed by atoms with Gasteiger partial charge in [-0.3, -0.25) is 4.79 Å². The SMILES string of the molecule is O=C(N[C@@H]1c2ccccc2-c2c(-c3nc4cc(N5CCOCC5)c(F)cc4[nH]3)cccc21)c1ccnc2[nH]ccc12. The summed E-state index contributed by atoms with van der Waals surface area (Å²) in [5.74, 6) is 0.193. The van der Waals surface area contributed by atoms with Crippen molar-refractivity contribution < 1.29 is 13.9 Å². The Bertz CT molecular complexity index is 1970. The number of pyridine rings is 1. The molecule has 0 saturated carbocycles. The van der Waals surface area contributed by atoms with Crippen molar-refractivity contribution in [2.45, 2.75) is 6.04 Å². The van der Waals surface area contributed by atoms with E-state index in [0.29, 0.717) is 60.1 Å². The predicted molar refractivity (Wildman–Crippen MR) is 155 cm³/mol. The molecular formula is C32H25FN6O2. The number of hydrogen-bond donors (Lipinski definition) is 3. The van der Waals surface area contributed by atoms with Crippen molar-refractivity contribution >= 4 is 33.7 Å². The fourth-order valence-electron chi connectivity index (χ4n) is 6.17. The van der Waals surface area contributed by atoms with Gasteiger partial charge in [0.1, 0.15) is 17.3 Å². The molecule has 202 valence electrons. The van der Waals surface area contributed by atoms with Crippen LogP contribution in [0.4, 0.5) is 10.1 Å². The highest BCUT2D eigenvalue weighted by Crippen LogP contribution is 2.48. The highest BCUT2D eigenvalue weighted by Gasteiger charge is 2.33. The van der Waals surface area contributed by atoms with E-state index in [0.717, 1.165) is 33.2 Å². The van der Waals surface area contributed by atoms with Gasteiger partial charge in [0.25, 0.3) is 5.91 Å². The lowest BCUT2D eigenvalue weighted by molar-refractivity contribution is 0.0945. The summed E-state index contributed by atoms with van der Waals surface area (Å²) in [6.07, 6.45) is 3.42. The average Bonchev–Trinajstić information content (AvgIpc) is 3.73. The van der Waals surface area contributed by atoms with Gasteiger partial charge in [-0.2, -0.15) is 0 Å². The van der Waals surface area contributed by atoms with Crippen LogP contribution in [0.25, 0.3) is 44.6 Å². The summed E-state index contributed by atoms with van der Waals surface area (Å²) in [5, 5.41) is 4.04. The second-order valence-electron chi connectivity index (χ2n) is 10.4. The molecule has 0 bridgehead atoms. The first-order valence-corrected chi connectivity index (χ1v) is 13.6. The van der Waals surface area contributed by atoms with Crippen LogP contribution in [0.15, 0.2) is 79.1 Å². The standard InChI is InChI=1S/C32H25FN6O2/c33-24-16-25-26(17-27(24)39-12-14-41-15-13-39)37-31(36-25)23-7-3-6-22-28(23)18-4-1-2-5-19(18)29(22)38-32(40)21-9-11-35-30-20(21)8-10-34-30/h1-11,16-17,29H,12-15H2,(H,34,35)(H,36,37)(H,38,40)/t29-/m1/s1. The van der Waals surface area contributed by atoms with Crippen LogP contribution >= 0.6 is 0 Å². The average molecular weight is 545 g/mol. The van der Waals surface area contributed by atoms with Crippen LogP contribution in [-0.4, -0.2) is 52.1 Å². The van der Waals surface area contributed by atoms with Crippen molar-refractivity contribution in [2.24, 2.45) is 0 Å². The molecule has 1 aliphatic carbocycles. The third kappa shape index (κ3) is 3.81. The Morgan fingerprint density at radius 2 is 1.83 bits per heavy atom. The Labute approximate surface area is 234 Å². The molecule has 4 heterocycles. The van der Waals surface area contributed by atoms with Gasteiger partial charge < -0.3 is 24.9 Å². The van der Waals surface area contributed by atoms with Gasteiger partial charge in [0.2, 0.25) is 0 Å². The molecule has 6 aromatic rings. The lowest BCUT2D eigenvalue weighted by Crippen LogP contribution is -2.36. The molecule has 8 rings (SSSR count). The molecule has 0 radical (unpaired) electrons. The number of amides is 1. The summed E-state index contributed by atoms with van der Waals surface area (Å²) in [4.78, 5) is 31.2. The van der Waals surface area contributed by atoms with Crippen molar-refractivity contribution in [3.63, 3.8) is 0 Å². The number of fused-ring (bicyclic) bond motifs is 5. The van der Waals surface area contributed by atoms with Crippen LogP contribution < -0.4 is 10.2 Å². The van der Waals surface area contributed by atoms with Crippen molar-refractivity contribution in [3.8, 4) is 22.5 Å². The van der Waals surface area contributed by atoms with Crippen LogP contribution in [0.3, 0.4) is 0 Å². The van der Waals surface area contributed by atoms with Gasteiger partial charge in [-0.05, 0) is 40.5 Å². The van der Waals surface area contributed by atoms with Gasteiger partial charge in [0.05, 0.1) is 41.5 Å². The third-order valence-corrected chi connectivity index (χ3v) is 8.09. The Kier molecular flexibility index (Phi) is 5.39. The molecule has 9 heteroatoms. The number of H-pyrrole nitrogens is 2. The second-order valence-corrected chi connectivity index (χ2v) is 10.4. The molecule has 1 fully saturated rings. The van der Waals surface area contributed by atoms with Gasteiger partial charge >= 0.3 is 0 Å². The van der Waals surface area contributed by atoms with E-state index >= 15 is 4.39 Å². The molecule has 3 N–H and O–H groups in total. The molecular weight excluding hydrogens is 519 g/mol. The summed E-state index contributed by atoms with van der Waals surface area (Å²) in [6.45, 7) is 2.44. The van der Waals surface area contributed by atoms with Crippen LogP contribution in [-0.2, 0) is 4.74 Å². The zero-order valence-electron chi connectivity index (χ0n) is 21.9. The van der Waals surface area contributed by atoms with Gasteiger partial charge in [-0.25, -0.2) is 14.4 Å². The first-order chi connectivity index (χ1) is 20.2. The topological polar surface area (TPSA) is 98.9 Å². The second kappa shape index (κ2) is 9.28. The van der Waals surface area contributed by atoms with E-state index < -0.39 is 0 Å². The number of nitrogens with one attached hydrogen (secondary N) is 3. The van der Waals surface area contributed by atoms with E-state index in [1.54, 1.807) is 18.5 Å². The predicted octanol–water partition coefficient (Wildman–Crippen LogP) is 5.58.